The van der Waals surface area contributed by atoms with Crippen molar-refractivity contribution in [2.45, 2.75) is 6.54 Å². The largest absolute Gasteiger partial charge is 0.495 e. The molecule has 0 atom stereocenters. The van der Waals surface area contributed by atoms with Crippen LogP contribution in [0, 0.1) is 0 Å². The van der Waals surface area contributed by atoms with Crippen molar-refractivity contribution in [1.29, 1.82) is 0 Å². The summed E-state index contributed by atoms with van der Waals surface area (Å²) in [4.78, 5) is 2.54. The van der Waals surface area contributed by atoms with E-state index in [0.717, 1.165) is 12.1 Å². The fourth-order valence-electron chi connectivity index (χ4n) is 1.62. The van der Waals surface area contributed by atoms with Gasteiger partial charge >= 0.3 is 0 Å². The molecule has 1 heterocycles. The fourth-order valence-corrected chi connectivity index (χ4v) is 2.90. The van der Waals surface area contributed by atoms with Crippen molar-refractivity contribution in [1.82, 2.24) is 5.32 Å². The number of halogens is 1. The van der Waals surface area contributed by atoms with Crippen molar-refractivity contribution in [3.63, 3.8) is 0 Å². The van der Waals surface area contributed by atoms with Crippen LogP contribution in [0.15, 0.2) is 30.3 Å². The number of nitrogens with one attached hydrogen (secondary N) is 1. The van der Waals surface area contributed by atoms with Crippen molar-refractivity contribution in [2.75, 3.05) is 14.2 Å². The molecule has 0 aliphatic carbocycles. The molecule has 0 saturated carbocycles. The predicted molar refractivity (Wildman–Crippen MR) is 74.1 cm³/mol. The SMILES string of the molecule is CNCc1ccc(-c2ccc(OC)c(Cl)c2)s1. The molecule has 2 aromatic rings. The lowest BCUT2D eigenvalue weighted by atomic mass is 10.2. The molecular formula is C13H14ClNOS. The van der Waals surface area contributed by atoms with Gasteiger partial charge in [-0.3, -0.25) is 0 Å². The van der Waals surface area contributed by atoms with Crippen LogP contribution < -0.4 is 10.1 Å². The Morgan fingerprint density at radius 1 is 1.29 bits per heavy atom. The van der Waals surface area contributed by atoms with Crippen LogP contribution in [0.1, 0.15) is 4.88 Å². The van der Waals surface area contributed by atoms with Gasteiger partial charge in [0.25, 0.3) is 0 Å². The molecule has 0 fully saturated rings. The smallest absolute Gasteiger partial charge is 0.137 e. The zero-order valence-electron chi connectivity index (χ0n) is 9.79. The summed E-state index contributed by atoms with van der Waals surface area (Å²) < 4.78 is 5.14. The molecule has 0 unspecified atom stereocenters. The molecule has 0 aliphatic heterocycles. The molecule has 0 aliphatic rings. The number of hydrogen-bond donors (Lipinski definition) is 1. The van der Waals surface area contributed by atoms with Gasteiger partial charge in [-0.2, -0.15) is 0 Å². The van der Waals surface area contributed by atoms with E-state index in [4.69, 9.17) is 16.3 Å². The lowest BCUT2D eigenvalue weighted by Crippen LogP contribution is -2.02. The highest BCUT2D eigenvalue weighted by atomic mass is 35.5. The van der Waals surface area contributed by atoms with Gasteiger partial charge in [-0.25, -0.2) is 0 Å². The van der Waals surface area contributed by atoms with Crippen molar-refractivity contribution in [3.8, 4) is 16.2 Å². The maximum absolute atomic E-state index is 6.11. The molecule has 2 rings (SSSR count). The Bertz CT molecular complexity index is 510. The highest BCUT2D eigenvalue weighted by molar-refractivity contribution is 7.15. The van der Waals surface area contributed by atoms with E-state index < -0.39 is 0 Å². The number of ether oxygens (including phenoxy) is 1. The van der Waals surface area contributed by atoms with E-state index in [2.05, 4.69) is 17.4 Å². The zero-order valence-corrected chi connectivity index (χ0v) is 11.4. The Hall–Kier alpha value is -1.03. The fraction of sp³-hybridized carbons (Fsp3) is 0.231. The molecule has 0 saturated heterocycles. The minimum atomic E-state index is 0.647. The van der Waals surface area contributed by atoms with Crippen LogP contribution >= 0.6 is 22.9 Å². The normalized spacial score (nSPS) is 10.5. The van der Waals surface area contributed by atoms with Crippen LogP contribution in [0.25, 0.3) is 10.4 Å². The van der Waals surface area contributed by atoms with E-state index in [1.165, 1.54) is 9.75 Å². The molecule has 90 valence electrons. The molecule has 0 bridgehead atoms. The number of benzene rings is 1. The molecule has 2 nitrogen and oxygen atoms in total. The van der Waals surface area contributed by atoms with Gasteiger partial charge in [-0.05, 0) is 42.9 Å². The van der Waals surface area contributed by atoms with Crippen molar-refractivity contribution >= 4 is 22.9 Å². The maximum Gasteiger partial charge on any atom is 0.137 e. The second kappa shape index (κ2) is 5.54. The average Bonchev–Trinajstić information content (AvgIpc) is 2.78. The first-order valence-electron chi connectivity index (χ1n) is 5.32. The van der Waals surface area contributed by atoms with Gasteiger partial charge in [0, 0.05) is 16.3 Å². The summed E-state index contributed by atoms with van der Waals surface area (Å²) in [5, 5.41) is 3.79. The van der Waals surface area contributed by atoms with Gasteiger partial charge in [0.2, 0.25) is 0 Å². The van der Waals surface area contributed by atoms with E-state index >= 15 is 0 Å². The maximum atomic E-state index is 6.11. The van der Waals surface area contributed by atoms with Crippen LogP contribution in [0.4, 0.5) is 0 Å². The second-order valence-corrected chi connectivity index (χ2v) is 5.22. The predicted octanol–water partition coefficient (Wildman–Crippen LogP) is 3.80. The Morgan fingerprint density at radius 2 is 2.12 bits per heavy atom. The van der Waals surface area contributed by atoms with Crippen LogP contribution in [0.2, 0.25) is 5.02 Å². The summed E-state index contributed by atoms with van der Waals surface area (Å²) in [5.74, 6) is 0.711. The minimum Gasteiger partial charge on any atom is -0.495 e. The first-order chi connectivity index (χ1) is 8.24. The number of thiophene rings is 1. The molecule has 0 radical (unpaired) electrons. The van der Waals surface area contributed by atoms with E-state index in [9.17, 15) is 0 Å². The quantitative estimate of drug-likeness (QED) is 0.910. The Morgan fingerprint density at radius 3 is 2.76 bits per heavy atom. The average molecular weight is 268 g/mol. The molecule has 0 amide bonds. The highest BCUT2D eigenvalue weighted by Gasteiger charge is 2.06. The molecule has 4 heteroatoms. The van der Waals surface area contributed by atoms with Gasteiger partial charge in [0.05, 0.1) is 12.1 Å². The first-order valence-corrected chi connectivity index (χ1v) is 6.51. The van der Waals surface area contributed by atoms with E-state index in [1.807, 2.05) is 25.2 Å². The Kier molecular flexibility index (Phi) is 4.05. The molecular weight excluding hydrogens is 254 g/mol. The third-order valence-electron chi connectivity index (χ3n) is 2.45. The minimum absolute atomic E-state index is 0.647. The van der Waals surface area contributed by atoms with E-state index in [1.54, 1.807) is 18.4 Å². The standard InChI is InChI=1S/C13H14ClNOS/c1-15-8-10-4-6-13(17-10)9-3-5-12(16-2)11(14)7-9/h3-7,15H,8H2,1-2H3. The van der Waals surface area contributed by atoms with Crippen LogP contribution in [0.5, 0.6) is 5.75 Å². The van der Waals surface area contributed by atoms with Gasteiger partial charge in [0.15, 0.2) is 0 Å². The topological polar surface area (TPSA) is 21.3 Å². The molecule has 17 heavy (non-hydrogen) atoms. The summed E-state index contributed by atoms with van der Waals surface area (Å²) in [6, 6.07) is 10.1. The summed E-state index contributed by atoms with van der Waals surface area (Å²) in [5.41, 5.74) is 1.13. The van der Waals surface area contributed by atoms with Gasteiger partial charge in [-0.15, -0.1) is 11.3 Å². The molecule has 0 spiro atoms. The zero-order chi connectivity index (χ0) is 12.3. The lowest BCUT2D eigenvalue weighted by Gasteiger charge is -2.04. The summed E-state index contributed by atoms with van der Waals surface area (Å²) in [7, 11) is 3.57. The summed E-state index contributed by atoms with van der Waals surface area (Å²) >= 11 is 7.89. The van der Waals surface area contributed by atoms with E-state index in [-0.39, 0.29) is 0 Å². The third kappa shape index (κ3) is 2.80. The third-order valence-corrected chi connectivity index (χ3v) is 3.88. The Balaban J connectivity index is 2.29. The van der Waals surface area contributed by atoms with Gasteiger partial charge in [-0.1, -0.05) is 11.6 Å². The van der Waals surface area contributed by atoms with E-state index in [0.29, 0.717) is 10.8 Å². The molecule has 1 N–H and O–H groups in total. The Labute approximate surface area is 110 Å². The second-order valence-electron chi connectivity index (χ2n) is 3.65. The summed E-state index contributed by atoms with van der Waals surface area (Å²) in [6.45, 7) is 0.897. The van der Waals surface area contributed by atoms with Crippen molar-refractivity contribution in [2.24, 2.45) is 0 Å². The number of rotatable bonds is 4. The van der Waals surface area contributed by atoms with Gasteiger partial charge in [0.1, 0.15) is 5.75 Å². The highest BCUT2D eigenvalue weighted by Crippen LogP contribution is 2.33. The van der Waals surface area contributed by atoms with Crippen LogP contribution in [0.3, 0.4) is 0 Å². The van der Waals surface area contributed by atoms with Gasteiger partial charge < -0.3 is 10.1 Å². The van der Waals surface area contributed by atoms with Crippen LogP contribution in [-0.4, -0.2) is 14.2 Å². The van der Waals surface area contributed by atoms with Crippen molar-refractivity contribution < 1.29 is 4.74 Å². The molecule has 1 aromatic heterocycles. The monoisotopic (exact) mass is 267 g/mol. The molecule has 1 aromatic carbocycles. The number of hydrogen-bond acceptors (Lipinski definition) is 3. The van der Waals surface area contributed by atoms with Crippen LogP contribution in [-0.2, 0) is 6.54 Å². The summed E-state index contributed by atoms with van der Waals surface area (Å²) in [6.07, 6.45) is 0. The first kappa shape index (κ1) is 12.4. The number of methoxy groups -OCH3 is 1. The van der Waals surface area contributed by atoms with Crippen molar-refractivity contribution in [3.05, 3.63) is 40.2 Å². The lowest BCUT2D eigenvalue weighted by molar-refractivity contribution is 0.415.